The Morgan fingerprint density at radius 2 is 1.88 bits per heavy atom. The standard InChI is InChI=1S/C23H26FN3O4S2/c1-15(23(29)27-11-9-26(10-12-27)20-6-4-3-5-18(20)24)14-33(30,31)17-7-8-21-19(13-17)25-22(28)16(2)32-21/h3-8,13,15-16H,9-12,14H2,1-2H3,(H,25,28)/t15-,16+/m1/s1. The largest absolute Gasteiger partial charge is 0.366 e. The molecule has 0 aliphatic carbocycles. The maximum Gasteiger partial charge on any atom is 0.237 e. The minimum absolute atomic E-state index is 0.0840. The van der Waals surface area contributed by atoms with Crippen molar-refractivity contribution >= 4 is 44.8 Å². The van der Waals surface area contributed by atoms with Gasteiger partial charge in [-0.1, -0.05) is 19.1 Å². The van der Waals surface area contributed by atoms with Crippen LogP contribution in [0.5, 0.6) is 0 Å². The number of carbonyl (C=O) groups excluding carboxylic acids is 2. The van der Waals surface area contributed by atoms with Gasteiger partial charge in [-0.2, -0.15) is 0 Å². The fourth-order valence-corrected chi connectivity index (χ4v) is 6.56. The molecule has 1 saturated heterocycles. The quantitative estimate of drug-likeness (QED) is 0.692. The monoisotopic (exact) mass is 491 g/mol. The third kappa shape index (κ3) is 5.01. The highest BCUT2D eigenvalue weighted by atomic mass is 32.2. The van der Waals surface area contributed by atoms with Crippen molar-refractivity contribution in [1.29, 1.82) is 0 Å². The summed E-state index contributed by atoms with van der Waals surface area (Å²) in [4.78, 5) is 29.3. The highest BCUT2D eigenvalue weighted by Crippen LogP contribution is 2.37. The average molecular weight is 492 g/mol. The van der Waals surface area contributed by atoms with Gasteiger partial charge in [0.05, 0.1) is 27.3 Å². The first-order valence-electron chi connectivity index (χ1n) is 10.8. The minimum atomic E-state index is -3.74. The van der Waals surface area contributed by atoms with Crippen molar-refractivity contribution in [3.63, 3.8) is 0 Å². The summed E-state index contributed by atoms with van der Waals surface area (Å²) >= 11 is 1.38. The van der Waals surface area contributed by atoms with Crippen LogP contribution in [0.2, 0.25) is 0 Å². The number of piperazine rings is 1. The Bertz CT molecular complexity index is 1180. The van der Waals surface area contributed by atoms with Gasteiger partial charge >= 0.3 is 0 Å². The number of anilines is 2. The maximum atomic E-state index is 14.0. The van der Waals surface area contributed by atoms with Gasteiger partial charge in [0.1, 0.15) is 5.82 Å². The van der Waals surface area contributed by atoms with E-state index in [0.29, 0.717) is 37.6 Å². The van der Waals surface area contributed by atoms with Crippen molar-refractivity contribution in [1.82, 2.24) is 4.90 Å². The number of nitrogens with one attached hydrogen (secondary N) is 1. The topological polar surface area (TPSA) is 86.8 Å². The van der Waals surface area contributed by atoms with Crippen LogP contribution in [0, 0.1) is 11.7 Å². The van der Waals surface area contributed by atoms with Gasteiger partial charge in [-0.25, -0.2) is 12.8 Å². The number of benzene rings is 2. The number of amides is 2. The molecule has 2 atom stereocenters. The Hall–Kier alpha value is -2.59. The molecule has 7 nitrogen and oxygen atoms in total. The lowest BCUT2D eigenvalue weighted by atomic mass is 10.1. The van der Waals surface area contributed by atoms with E-state index in [2.05, 4.69) is 5.32 Å². The predicted molar refractivity (Wildman–Crippen MR) is 127 cm³/mol. The smallest absolute Gasteiger partial charge is 0.237 e. The van der Waals surface area contributed by atoms with Crippen molar-refractivity contribution in [3.05, 3.63) is 48.3 Å². The second-order valence-corrected chi connectivity index (χ2v) is 11.8. The Balaban J connectivity index is 1.39. The van der Waals surface area contributed by atoms with Gasteiger partial charge in [-0.05, 0) is 37.3 Å². The SMILES string of the molecule is C[C@H](CS(=O)(=O)c1ccc2c(c1)NC(=O)[C@H](C)S2)C(=O)N1CCN(c2ccccc2F)CC1. The predicted octanol–water partition coefficient (Wildman–Crippen LogP) is 3.02. The number of hydrogen-bond acceptors (Lipinski definition) is 6. The lowest BCUT2D eigenvalue weighted by Gasteiger charge is -2.37. The van der Waals surface area contributed by atoms with Gasteiger partial charge in [0.15, 0.2) is 9.84 Å². The van der Waals surface area contributed by atoms with E-state index in [4.69, 9.17) is 0 Å². The number of para-hydroxylation sites is 1. The zero-order valence-electron chi connectivity index (χ0n) is 18.5. The van der Waals surface area contributed by atoms with Crippen molar-refractivity contribution in [2.45, 2.75) is 28.9 Å². The van der Waals surface area contributed by atoms with Crippen molar-refractivity contribution in [3.8, 4) is 0 Å². The average Bonchev–Trinajstić information content (AvgIpc) is 2.79. The summed E-state index contributed by atoms with van der Waals surface area (Å²) < 4.78 is 40.0. The summed E-state index contributed by atoms with van der Waals surface area (Å²) in [6, 6.07) is 11.2. The van der Waals surface area contributed by atoms with E-state index in [1.54, 1.807) is 43.0 Å². The van der Waals surface area contributed by atoms with E-state index in [0.717, 1.165) is 4.90 Å². The molecule has 0 unspecified atom stereocenters. The van der Waals surface area contributed by atoms with Gasteiger partial charge in [0.2, 0.25) is 11.8 Å². The van der Waals surface area contributed by atoms with Crippen LogP contribution < -0.4 is 10.2 Å². The molecule has 2 aliphatic rings. The van der Waals surface area contributed by atoms with Crippen LogP contribution in [0.4, 0.5) is 15.8 Å². The summed E-state index contributed by atoms with van der Waals surface area (Å²) in [6.45, 7) is 5.16. The molecule has 0 saturated carbocycles. The van der Waals surface area contributed by atoms with Crippen LogP contribution in [0.3, 0.4) is 0 Å². The molecule has 2 amide bonds. The molecule has 0 aromatic heterocycles. The fourth-order valence-electron chi connectivity index (χ4n) is 4.07. The second kappa shape index (κ2) is 9.34. The van der Waals surface area contributed by atoms with Crippen LogP contribution >= 0.6 is 11.8 Å². The summed E-state index contributed by atoms with van der Waals surface area (Å²) in [5.74, 6) is -1.75. The lowest BCUT2D eigenvalue weighted by molar-refractivity contribution is -0.134. The molecule has 0 spiro atoms. The first-order valence-corrected chi connectivity index (χ1v) is 13.3. The van der Waals surface area contributed by atoms with E-state index in [-0.39, 0.29) is 33.5 Å². The summed E-state index contributed by atoms with van der Waals surface area (Å²) in [5.41, 5.74) is 0.986. The molecular weight excluding hydrogens is 465 g/mol. The Morgan fingerprint density at radius 1 is 1.18 bits per heavy atom. The third-order valence-electron chi connectivity index (χ3n) is 5.92. The number of thioether (sulfide) groups is 1. The van der Waals surface area contributed by atoms with Gasteiger partial charge in [-0.3, -0.25) is 9.59 Å². The van der Waals surface area contributed by atoms with E-state index < -0.39 is 15.8 Å². The normalized spacial score (nSPS) is 19.6. The molecule has 2 aromatic rings. The van der Waals surface area contributed by atoms with Crippen LogP contribution in [-0.2, 0) is 19.4 Å². The van der Waals surface area contributed by atoms with Crippen molar-refractivity contribution < 1.29 is 22.4 Å². The van der Waals surface area contributed by atoms with E-state index in [9.17, 15) is 22.4 Å². The molecule has 1 N–H and O–H groups in total. The molecule has 4 rings (SSSR count). The maximum absolute atomic E-state index is 14.0. The molecule has 33 heavy (non-hydrogen) atoms. The van der Waals surface area contributed by atoms with Crippen LogP contribution in [0.25, 0.3) is 0 Å². The second-order valence-electron chi connectivity index (χ2n) is 8.35. The van der Waals surface area contributed by atoms with Crippen LogP contribution in [-0.4, -0.2) is 62.3 Å². The number of rotatable bonds is 5. The number of sulfone groups is 1. The lowest BCUT2D eigenvalue weighted by Crippen LogP contribution is -2.51. The first kappa shape index (κ1) is 23.6. The summed E-state index contributed by atoms with van der Waals surface area (Å²) in [7, 11) is -3.74. The van der Waals surface area contributed by atoms with Crippen LogP contribution in [0.15, 0.2) is 52.3 Å². The van der Waals surface area contributed by atoms with Crippen molar-refractivity contribution in [2.24, 2.45) is 5.92 Å². The van der Waals surface area contributed by atoms with E-state index in [1.165, 1.54) is 30.0 Å². The van der Waals surface area contributed by atoms with Gasteiger partial charge in [-0.15, -0.1) is 11.8 Å². The highest BCUT2D eigenvalue weighted by Gasteiger charge is 2.31. The van der Waals surface area contributed by atoms with Gasteiger partial charge in [0.25, 0.3) is 0 Å². The number of hydrogen-bond donors (Lipinski definition) is 1. The molecule has 0 radical (unpaired) electrons. The van der Waals surface area contributed by atoms with Gasteiger partial charge in [0, 0.05) is 37.0 Å². The number of carbonyl (C=O) groups is 2. The molecule has 2 heterocycles. The number of fused-ring (bicyclic) bond motifs is 1. The molecule has 10 heteroatoms. The number of halogens is 1. The third-order valence-corrected chi connectivity index (χ3v) is 9.01. The van der Waals surface area contributed by atoms with Gasteiger partial charge < -0.3 is 15.1 Å². The molecule has 0 bridgehead atoms. The molecule has 2 aliphatic heterocycles. The highest BCUT2D eigenvalue weighted by molar-refractivity contribution is 8.01. The Labute approximate surface area is 197 Å². The Morgan fingerprint density at radius 3 is 2.58 bits per heavy atom. The molecular formula is C23H26FN3O4S2. The minimum Gasteiger partial charge on any atom is -0.366 e. The van der Waals surface area contributed by atoms with E-state index in [1.807, 2.05) is 4.90 Å². The molecule has 1 fully saturated rings. The zero-order chi connectivity index (χ0) is 23.8. The summed E-state index contributed by atoms with van der Waals surface area (Å²) in [6.07, 6.45) is 0. The Kier molecular flexibility index (Phi) is 6.67. The zero-order valence-corrected chi connectivity index (χ0v) is 20.1. The summed E-state index contributed by atoms with van der Waals surface area (Å²) in [5, 5.41) is 2.50. The fraction of sp³-hybridized carbons (Fsp3) is 0.391. The van der Waals surface area contributed by atoms with Crippen LogP contribution in [0.1, 0.15) is 13.8 Å². The van der Waals surface area contributed by atoms with E-state index >= 15 is 0 Å². The van der Waals surface area contributed by atoms with Crippen molar-refractivity contribution in [2.75, 3.05) is 42.1 Å². The first-order chi connectivity index (χ1) is 15.7. The number of nitrogens with zero attached hydrogens (tertiary/aromatic N) is 2. The molecule has 2 aromatic carbocycles. The molecule has 176 valence electrons.